The average molecular weight is 906 g/mol. The molecule has 6 aromatic rings. The van der Waals surface area contributed by atoms with Crippen molar-refractivity contribution in [2.75, 3.05) is 0 Å². The van der Waals surface area contributed by atoms with E-state index in [1.165, 1.54) is 11.3 Å². The number of benzene rings is 5. The van der Waals surface area contributed by atoms with Gasteiger partial charge in [0.05, 0.1) is 12.4 Å². The van der Waals surface area contributed by atoms with E-state index in [1.807, 2.05) is 12.4 Å². The number of hydrogen-bond donors (Lipinski definition) is 0. The van der Waals surface area contributed by atoms with E-state index in [-0.39, 0.29) is 0 Å². The Balaban J connectivity index is 0.000000355. The van der Waals surface area contributed by atoms with Gasteiger partial charge in [-0.15, -0.1) is 21.9 Å². The summed E-state index contributed by atoms with van der Waals surface area (Å²) < 4.78 is 296. The SMILES string of the molecule is CC(C)Cc1cncc[n+]1Cc1ccccc1.Fc1c(F)c(F)c([B-](c2c(F)c(F)c(F)c(F)c2F)(c2c(F)c(F)c(F)c(F)c2F)c2c(F)c(F)c(F)c(F)c2F)c(F)c1F. The molecule has 0 N–H and O–H groups in total. The summed E-state index contributed by atoms with van der Waals surface area (Å²) in [5.41, 5.74) is -11.7. The molecule has 0 unspecified atom stereocenters. The van der Waals surface area contributed by atoms with Crippen LogP contribution in [0.5, 0.6) is 0 Å². The van der Waals surface area contributed by atoms with Gasteiger partial charge in [0.25, 0.3) is 0 Å². The van der Waals surface area contributed by atoms with Gasteiger partial charge in [0, 0.05) is 12.0 Å². The summed E-state index contributed by atoms with van der Waals surface area (Å²) >= 11 is 0. The van der Waals surface area contributed by atoms with Gasteiger partial charge in [-0.2, -0.15) is 4.57 Å². The summed E-state index contributed by atoms with van der Waals surface area (Å²) in [5, 5.41) is 0. The fourth-order valence-corrected chi connectivity index (χ4v) is 6.81. The van der Waals surface area contributed by atoms with Gasteiger partial charge in [0.15, 0.2) is 88.2 Å². The van der Waals surface area contributed by atoms with Crippen LogP contribution in [0.4, 0.5) is 87.8 Å². The fourth-order valence-electron chi connectivity index (χ4n) is 6.81. The Morgan fingerprint density at radius 2 is 0.694 bits per heavy atom. The van der Waals surface area contributed by atoms with Crippen molar-refractivity contribution >= 4 is 28.0 Å². The summed E-state index contributed by atoms with van der Waals surface area (Å²) in [7, 11) is 0. The number of rotatable bonds is 8. The molecular weight excluding hydrogens is 887 g/mol. The van der Waals surface area contributed by atoms with Crippen LogP contribution in [0.25, 0.3) is 0 Å². The van der Waals surface area contributed by atoms with Crippen molar-refractivity contribution in [3.8, 4) is 0 Å². The molecule has 0 saturated heterocycles. The smallest absolute Gasteiger partial charge is 0.200 e. The third kappa shape index (κ3) is 7.58. The zero-order valence-electron chi connectivity index (χ0n) is 30.6. The molecule has 0 aliphatic carbocycles. The second-order valence-corrected chi connectivity index (χ2v) is 13.6. The second kappa shape index (κ2) is 17.7. The van der Waals surface area contributed by atoms with Gasteiger partial charge >= 0.3 is 0 Å². The number of aromatic nitrogens is 2. The minimum Gasteiger partial charge on any atom is -0.252 e. The van der Waals surface area contributed by atoms with Crippen LogP contribution in [0, 0.1) is 122 Å². The molecule has 0 radical (unpaired) electrons. The van der Waals surface area contributed by atoms with Gasteiger partial charge in [0.2, 0.25) is 0 Å². The van der Waals surface area contributed by atoms with Crippen LogP contribution in [0.15, 0.2) is 48.9 Å². The van der Waals surface area contributed by atoms with Gasteiger partial charge in [-0.05, 0) is 5.92 Å². The predicted molar refractivity (Wildman–Crippen MR) is 178 cm³/mol. The van der Waals surface area contributed by atoms with E-state index in [0.29, 0.717) is 5.92 Å². The van der Waals surface area contributed by atoms with Crippen molar-refractivity contribution in [1.29, 1.82) is 0 Å². The van der Waals surface area contributed by atoms with Crippen molar-refractivity contribution in [3.05, 3.63) is 177 Å². The topological polar surface area (TPSA) is 16.8 Å². The maximum absolute atomic E-state index is 15.4. The molecule has 62 heavy (non-hydrogen) atoms. The Labute approximate surface area is 334 Å². The monoisotopic (exact) mass is 906 g/mol. The third-order valence-corrected chi connectivity index (χ3v) is 9.45. The molecule has 23 heteroatoms. The standard InChI is InChI=1S/C24BF20.C15H19N2/c26-5-1(6(27)14(35)21(42)13(5)34)25(2-7(28)15(36)22(43)16(37)8(2)29,3-9(30)17(38)23(44)18(39)10(3)31)4-11(32)19(40)24(45)20(41)12(4)33;1-13(2)10-15-11-16-8-9-17(15)12-14-6-4-3-5-7-14/h;3-9,11,13H,10,12H2,1-2H3/q-1;+1. The molecule has 6 rings (SSSR count). The molecule has 0 saturated carbocycles. The summed E-state index contributed by atoms with van der Waals surface area (Å²) in [4.78, 5) is 4.22. The van der Waals surface area contributed by atoms with Crippen molar-refractivity contribution in [2.45, 2.75) is 26.8 Å². The summed E-state index contributed by atoms with van der Waals surface area (Å²) in [5.74, 6) is -70.8. The maximum Gasteiger partial charge on any atom is 0.200 e. The maximum atomic E-state index is 15.4. The van der Waals surface area contributed by atoms with Gasteiger partial charge < -0.3 is 0 Å². The van der Waals surface area contributed by atoms with Crippen LogP contribution in [0.3, 0.4) is 0 Å². The first-order valence-electron chi connectivity index (χ1n) is 17.1. The minimum absolute atomic E-state index is 0.654. The van der Waals surface area contributed by atoms with Crippen molar-refractivity contribution < 1.29 is 92.4 Å². The molecule has 5 aromatic carbocycles. The lowest BCUT2D eigenvalue weighted by Gasteiger charge is -2.44. The van der Waals surface area contributed by atoms with Crippen molar-refractivity contribution in [3.63, 3.8) is 0 Å². The third-order valence-electron chi connectivity index (χ3n) is 9.45. The minimum atomic E-state index is -7.22. The first-order chi connectivity index (χ1) is 29.0. The van der Waals surface area contributed by atoms with E-state index >= 15 is 35.1 Å². The Kier molecular flexibility index (Phi) is 13.4. The van der Waals surface area contributed by atoms with Crippen LogP contribution in [-0.2, 0) is 13.0 Å². The van der Waals surface area contributed by atoms with E-state index in [9.17, 15) is 52.7 Å². The molecule has 0 spiro atoms. The zero-order valence-corrected chi connectivity index (χ0v) is 30.6. The van der Waals surface area contributed by atoms with Gasteiger partial charge in [-0.3, -0.25) is 4.98 Å². The molecule has 0 fully saturated rings. The molecule has 0 aliphatic rings. The van der Waals surface area contributed by atoms with Crippen molar-refractivity contribution in [1.82, 2.24) is 4.98 Å². The second-order valence-electron chi connectivity index (χ2n) is 13.6. The first-order valence-corrected chi connectivity index (χ1v) is 17.1. The molecule has 0 amide bonds. The molecule has 0 aliphatic heterocycles. The molecule has 2 nitrogen and oxygen atoms in total. The number of hydrogen-bond acceptors (Lipinski definition) is 1. The highest BCUT2D eigenvalue weighted by molar-refractivity contribution is 7.20. The number of nitrogens with zero attached hydrogens (tertiary/aromatic N) is 2. The zero-order chi connectivity index (χ0) is 46.4. The van der Waals surface area contributed by atoms with E-state index in [0.717, 1.165) is 13.0 Å². The Morgan fingerprint density at radius 1 is 0.419 bits per heavy atom. The Morgan fingerprint density at radius 3 is 0.968 bits per heavy atom. The molecular formula is C39H19BF20N2. The van der Waals surface area contributed by atoms with Gasteiger partial charge in [-0.1, -0.05) is 44.2 Å². The predicted octanol–water partition coefficient (Wildman–Crippen LogP) is 8.46. The summed E-state index contributed by atoms with van der Waals surface area (Å²) in [6, 6.07) is 10.5. The van der Waals surface area contributed by atoms with Gasteiger partial charge in [-0.25, -0.2) is 87.8 Å². The van der Waals surface area contributed by atoms with E-state index in [2.05, 4.69) is 59.9 Å². The highest BCUT2D eigenvalue weighted by atomic mass is 19.2. The lowest BCUT2D eigenvalue weighted by molar-refractivity contribution is -0.696. The van der Waals surface area contributed by atoms with E-state index < -0.39 is 144 Å². The van der Waals surface area contributed by atoms with Crippen LogP contribution in [0.2, 0.25) is 0 Å². The highest BCUT2D eigenvalue weighted by Crippen LogP contribution is 2.30. The van der Waals surface area contributed by atoms with Crippen LogP contribution in [0.1, 0.15) is 25.1 Å². The largest absolute Gasteiger partial charge is 0.252 e. The van der Waals surface area contributed by atoms with Crippen molar-refractivity contribution in [2.24, 2.45) is 5.92 Å². The molecule has 1 aromatic heterocycles. The van der Waals surface area contributed by atoms with Crippen LogP contribution in [-0.4, -0.2) is 11.1 Å². The molecule has 1 heterocycles. The fraction of sp³-hybridized carbons (Fsp3) is 0.128. The van der Waals surface area contributed by atoms with E-state index in [1.54, 1.807) is 0 Å². The quantitative estimate of drug-likeness (QED) is 0.0493. The Bertz CT molecular complexity index is 2350. The lowest BCUT2D eigenvalue weighted by Crippen LogP contribution is -2.81. The highest BCUT2D eigenvalue weighted by Gasteiger charge is 2.52. The van der Waals surface area contributed by atoms with Gasteiger partial charge in [0.1, 0.15) is 52.7 Å². The lowest BCUT2D eigenvalue weighted by atomic mass is 9.12. The molecule has 328 valence electrons. The molecule has 0 atom stereocenters. The van der Waals surface area contributed by atoms with E-state index in [4.69, 9.17) is 0 Å². The normalized spacial score (nSPS) is 11.7. The first kappa shape index (κ1) is 46.9. The Hall–Kier alpha value is -6.16. The average Bonchev–Trinajstić information content (AvgIpc) is 3.24. The van der Waals surface area contributed by atoms with Crippen LogP contribution < -0.4 is 26.4 Å². The van der Waals surface area contributed by atoms with Crippen LogP contribution >= 0.6 is 0 Å². The number of halogens is 20. The summed E-state index contributed by atoms with van der Waals surface area (Å²) in [6.07, 6.45) is -0.258. The summed E-state index contributed by atoms with van der Waals surface area (Å²) in [6.45, 7) is 5.39. The molecule has 0 bridgehead atoms.